The molecule has 0 aliphatic rings. The molecule has 11 nitrogen and oxygen atoms in total. The van der Waals surface area contributed by atoms with Gasteiger partial charge in [0.2, 0.25) is 0 Å². The molecular formula is C10H13NO10P2. The molecule has 1 rings (SSSR count). The van der Waals surface area contributed by atoms with Crippen LogP contribution in [-0.4, -0.2) is 58.0 Å². The van der Waals surface area contributed by atoms with E-state index in [1.54, 1.807) is 0 Å². The molecule has 0 saturated carbocycles. The minimum Gasteiger partial charge on any atom is -0.481 e. The van der Waals surface area contributed by atoms with Crippen LogP contribution in [0.15, 0.2) is 24.5 Å². The predicted molar refractivity (Wildman–Crippen MR) is 73.9 cm³/mol. The molecule has 0 radical (unpaired) electrons. The SMILES string of the molecule is O=C(O)C(C(c1ccncc1)C(C(=O)O)P(=O)(O)O)P(=O)(O)O. The van der Waals surface area contributed by atoms with Crippen molar-refractivity contribution in [1.82, 2.24) is 4.98 Å². The second-order valence-electron chi connectivity index (χ2n) is 4.55. The zero-order chi connectivity index (χ0) is 18.0. The van der Waals surface area contributed by atoms with Crippen LogP contribution in [0.5, 0.6) is 0 Å². The Labute approximate surface area is 128 Å². The first-order valence-electron chi connectivity index (χ1n) is 5.83. The molecule has 13 heteroatoms. The summed E-state index contributed by atoms with van der Waals surface area (Å²) in [7, 11) is -10.9. The van der Waals surface area contributed by atoms with Crippen LogP contribution in [-0.2, 0) is 18.7 Å². The van der Waals surface area contributed by atoms with Crippen molar-refractivity contribution < 1.29 is 48.5 Å². The lowest BCUT2D eigenvalue weighted by molar-refractivity contribution is -0.139. The summed E-state index contributed by atoms with van der Waals surface area (Å²) in [6.07, 6.45) is 2.14. The van der Waals surface area contributed by atoms with Gasteiger partial charge in [0.25, 0.3) is 0 Å². The van der Waals surface area contributed by atoms with E-state index in [9.17, 15) is 38.3 Å². The van der Waals surface area contributed by atoms with Crippen molar-refractivity contribution in [3.05, 3.63) is 30.1 Å². The summed E-state index contributed by atoms with van der Waals surface area (Å²) in [4.78, 5) is 63.1. The maximum Gasteiger partial charge on any atom is 0.340 e. The number of aliphatic carboxylic acids is 2. The van der Waals surface area contributed by atoms with Gasteiger partial charge in [-0.2, -0.15) is 0 Å². The van der Waals surface area contributed by atoms with Gasteiger partial charge in [-0.1, -0.05) is 0 Å². The third kappa shape index (κ3) is 4.68. The van der Waals surface area contributed by atoms with Crippen molar-refractivity contribution >= 4 is 27.1 Å². The molecular weight excluding hydrogens is 356 g/mol. The zero-order valence-corrected chi connectivity index (χ0v) is 13.0. The standard InChI is InChI=1S/C10H13NO10P2/c12-9(13)7(22(16,17)18)6(5-1-3-11-4-2-5)8(10(14)15)23(19,20)21/h1-4,6-8H,(H,12,13)(H,14,15)(H2,16,17,18)(H2,19,20,21). The third-order valence-corrected chi connectivity index (χ3v) is 5.54. The molecule has 0 fully saturated rings. The number of aromatic nitrogens is 1. The van der Waals surface area contributed by atoms with Gasteiger partial charge in [0.1, 0.15) is 0 Å². The highest BCUT2D eigenvalue weighted by atomic mass is 31.2. The molecule has 0 aromatic carbocycles. The summed E-state index contributed by atoms with van der Waals surface area (Å²) in [6.45, 7) is 0. The molecule has 23 heavy (non-hydrogen) atoms. The predicted octanol–water partition coefficient (Wildman–Crippen LogP) is -0.573. The van der Waals surface area contributed by atoms with Crippen LogP contribution < -0.4 is 0 Å². The number of nitrogens with zero attached hydrogens (tertiary/aromatic N) is 1. The highest BCUT2D eigenvalue weighted by Crippen LogP contribution is 2.56. The maximum atomic E-state index is 11.5. The summed E-state index contributed by atoms with van der Waals surface area (Å²) in [6, 6.07) is 2.06. The van der Waals surface area contributed by atoms with Gasteiger partial charge in [0.15, 0.2) is 11.3 Å². The summed E-state index contributed by atoms with van der Waals surface area (Å²) in [5.74, 6) is -6.34. The van der Waals surface area contributed by atoms with E-state index in [4.69, 9.17) is 10.2 Å². The fraction of sp³-hybridized carbons (Fsp3) is 0.300. The average Bonchev–Trinajstić information content (AvgIpc) is 2.34. The van der Waals surface area contributed by atoms with Gasteiger partial charge in [0, 0.05) is 18.3 Å². The normalized spacial score (nSPS) is 16.3. The first-order chi connectivity index (χ1) is 10.4. The lowest BCUT2D eigenvalue weighted by atomic mass is 9.92. The number of hydrogen-bond acceptors (Lipinski definition) is 5. The smallest absolute Gasteiger partial charge is 0.340 e. The monoisotopic (exact) mass is 369 g/mol. The van der Waals surface area contributed by atoms with Crippen LogP contribution in [0, 0.1) is 0 Å². The van der Waals surface area contributed by atoms with Crippen molar-refractivity contribution in [1.29, 1.82) is 0 Å². The Bertz CT molecular complexity index is 640. The molecule has 1 aromatic heterocycles. The second-order valence-corrected chi connectivity index (χ2v) is 8.02. The fourth-order valence-electron chi connectivity index (χ4n) is 2.14. The molecule has 6 N–H and O–H groups in total. The van der Waals surface area contributed by atoms with Gasteiger partial charge in [-0.05, 0) is 17.7 Å². The highest BCUT2D eigenvalue weighted by Gasteiger charge is 2.54. The maximum absolute atomic E-state index is 11.5. The van der Waals surface area contributed by atoms with Gasteiger partial charge in [-0.15, -0.1) is 0 Å². The summed E-state index contributed by atoms with van der Waals surface area (Å²) >= 11 is 0. The van der Waals surface area contributed by atoms with Gasteiger partial charge in [-0.25, -0.2) is 0 Å². The largest absolute Gasteiger partial charge is 0.481 e. The number of hydrogen-bond donors (Lipinski definition) is 6. The Balaban J connectivity index is 3.68. The molecule has 0 saturated heterocycles. The molecule has 128 valence electrons. The van der Waals surface area contributed by atoms with E-state index in [1.807, 2.05) is 0 Å². The number of carboxylic acid groups (broad SMARTS) is 2. The first-order valence-corrected chi connectivity index (χ1v) is 9.19. The van der Waals surface area contributed by atoms with Crippen molar-refractivity contribution in [2.45, 2.75) is 17.2 Å². The number of carbonyl (C=O) groups is 2. The quantitative estimate of drug-likeness (QED) is 0.336. The van der Waals surface area contributed by atoms with Crippen LogP contribution in [0.1, 0.15) is 11.5 Å². The fourth-order valence-corrected chi connectivity index (χ4v) is 4.37. The number of carboxylic acids is 2. The molecule has 0 aliphatic carbocycles. The van der Waals surface area contributed by atoms with Crippen LogP contribution in [0.3, 0.4) is 0 Å². The highest BCUT2D eigenvalue weighted by molar-refractivity contribution is 7.55. The van der Waals surface area contributed by atoms with E-state index >= 15 is 0 Å². The summed E-state index contributed by atoms with van der Waals surface area (Å²) < 4.78 is 23.0. The van der Waals surface area contributed by atoms with Crippen molar-refractivity contribution in [3.63, 3.8) is 0 Å². The lowest BCUT2D eigenvalue weighted by Gasteiger charge is -2.30. The topological polar surface area (TPSA) is 203 Å². The van der Waals surface area contributed by atoms with Gasteiger partial charge in [-0.3, -0.25) is 23.7 Å². The Hall–Kier alpha value is -1.61. The van der Waals surface area contributed by atoms with E-state index < -0.39 is 44.4 Å². The summed E-state index contributed by atoms with van der Waals surface area (Å²) in [5, 5.41) is 18.2. The molecule has 0 bridgehead atoms. The number of rotatable bonds is 7. The van der Waals surface area contributed by atoms with Crippen LogP contribution in [0.25, 0.3) is 0 Å². The second kappa shape index (κ2) is 6.88. The van der Waals surface area contributed by atoms with E-state index in [-0.39, 0.29) is 5.56 Å². The molecule has 1 heterocycles. The Morgan fingerprint density at radius 2 is 1.22 bits per heavy atom. The minimum absolute atomic E-state index is 0.286. The van der Waals surface area contributed by atoms with E-state index in [0.717, 1.165) is 24.5 Å². The minimum atomic E-state index is -5.44. The van der Waals surface area contributed by atoms with Gasteiger partial charge >= 0.3 is 27.1 Å². The van der Waals surface area contributed by atoms with Crippen molar-refractivity contribution in [2.24, 2.45) is 0 Å². The lowest BCUT2D eigenvalue weighted by Crippen LogP contribution is -2.39. The van der Waals surface area contributed by atoms with Crippen molar-refractivity contribution in [3.8, 4) is 0 Å². The Kier molecular flexibility index (Phi) is 5.81. The van der Waals surface area contributed by atoms with Gasteiger partial charge in [0.05, 0.1) is 0 Å². The van der Waals surface area contributed by atoms with Crippen LogP contribution in [0.2, 0.25) is 0 Å². The first kappa shape index (κ1) is 19.4. The molecule has 0 spiro atoms. The molecule has 0 amide bonds. The molecule has 2 unspecified atom stereocenters. The molecule has 2 atom stereocenters. The third-order valence-electron chi connectivity index (χ3n) is 3.00. The van der Waals surface area contributed by atoms with Crippen molar-refractivity contribution in [2.75, 3.05) is 0 Å². The van der Waals surface area contributed by atoms with E-state index in [1.165, 1.54) is 0 Å². The Morgan fingerprint density at radius 3 is 1.48 bits per heavy atom. The molecule has 1 aromatic rings. The number of pyridine rings is 1. The zero-order valence-electron chi connectivity index (χ0n) is 11.2. The van der Waals surface area contributed by atoms with Crippen LogP contribution in [0.4, 0.5) is 0 Å². The summed E-state index contributed by atoms with van der Waals surface area (Å²) in [5.41, 5.74) is -5.59. The van der Waals surface area contributed by atoms with E-state index in [0.29, 0.717) is 0 Å². The van der Waals surface area contributed by atoms with Crippen LogP contribution >= 0.6 is 15.2 Å². The molecule has 0 aliphatic heterocycles. The average molecular weight is 369 g/mol. The Morgan fingerprint density at radius 1 is 0.870 bits per heavy atom. The van der Waals surface area contributed by atoms with E-state index in [2.05, 4.69) is 4.98 Å². The van der Waals surface area contributed by atoms with Gasteiger partial charge < -0.3 is 29.8 Å².